The van der Waals surface area contributed by atoms with Gasteiger partial charge in [-0.05, 0) is 6.07 Å². The van der Waals surface area contributed by atoms with E-state index in [0.29, 0.717) is 0 Å². The highest BCUT2D eigenvalue weighted by atomic mass is 16.7. The van der Waals surface area contributed by atoms with Crippen LogP contribution in [0.3, 0.4) is 0 Å². The number of nitro groups is 2. The van der Waals surface area contributed by atoms with Crippen molar-refractivity contribution in [1.29, 1.82) is 0 Å². The third-order valence-electron chi connectivity index (χ3n) is 3.45. The van der Waals surface area contributed by atoms with Crippen molar-refractivity contribution < 1.29 is 39.7 Å². The normalized spacial score (nSPS) is 29.9. The van der Waals surface area contributed by atoms with Crippen molar-refractivity contribution in [1.82, 2.24) is 0 Å². The lowest BCUT2D eigenvalue weighted by atomic mass is 9.99. The van der Waals surface area contributed by atoms with Crippen LogP contribution >= 0.6 is 0 Å². The molecule has 1 heterocycles. The molecule has 1 aromatic rings. The monoisotopic (exact) mass is 346 g/mol. The molecule has 1 saturated heterocycles. The number of hydrogen-bond acceptors (Lipinski definition) is 10. The Balaban J connectivity index is 2.35. The van der Waals surface area contributed by atoms with E-state index < -0.39 is 64.3 Å². The Kier molecular flexibility index (Phi) is 5.26. The Morgan fingerprint density at radius 3 is 2.29 bits per heavy atom. The SMILES string of the molecule is O=[N+]([O-])c1cccc(O[C@H]2O[C@H](CO)[C@H](O)[C@H](O)[C@H]2O)c1[N+](=O)[O-]. The molecular formula is C12H14N2O10. The van der Waals surface area contributed by atoms with Gasteiger partial charge in [-0.2, -0.15) is 0 Å². The molecule has 0 aliphatic carbocycles. The van der Waals surface area contributed by atoms with Crippen LogP contribution in [-0.4, -0.2) is 67.6 Å². The minimum absolute atomic E-state index is 0.571. The van der Waals surface area contributed by atoms with Crippen LogP contribution in [0, 0.1) is 20.2 Å². The first-order chi connectivity index (χ1) is 11.3. The summed E-state index contributed by atoms with van der Waals surface area (Å²) in [5, 5.41) is 60.2. The maximum atomic E-state index is 11.1. The standard InChI is InChI=1S/C12H14N2O10/c15-4-7-9(16)10(17)11(18)12(24-7)23-6-3-1-2-5(13(19)20)8(6)14(21)22/h1-3,7,9-12,15-18H,4H2/t7-,9+,10+,11-,12+/m1/s1. The summed E-state index contributed by atoms with van der Waals surface area (Å²) in [6.07, 6.45) is -8.17. The molecule has 1 aliphatic rings. The van der Waals surface area contributed by atoms with Gasteiger partial charge in [0.15, 0.2) is 0 Å². The van der Waals surface area contributed by atoms with E-state index in [4.69, 9.17) is 14.6 Å². The number of nitro benzene ring substituents is 2. The molecular weight excluding hydrogens is 332 g/mol. The summed E-state index contributed by atoms with van der Waals surface area (Å²) in [7, 11) is 0. The van der Waals surface area contributed by atoms with E-state index in [9.17, 15) is 35.5 Å². The number of benzene rings is 1. The van der Waals surface area contributed by atoms with E-state index in [-0.39, 0.29) is 0 Å². The van der Waals surface area contributed by atoms with Gasteiger partial charge in [-0.15, -0.1) is 0 Å². The Bertz CT molecular complexity index is 636. The molecule has 0 aromatic heterocycles. The topological polar surface area (TPSA) is 186 Å². The molecule has 132 valence electrons. The highest BCUT2D eigenvalue weighted by Gasteiger charge is 2.45. The van der Waals surface area contributed by atoms with Crippen molar-refractivity contribution in [2.75, 3.05) is 6.61 Å². The third-order valence-corrected chi connectivity index (χ3v) is 3.45. The second kappa shape index (κ2) is 7.02. The molecule has 12 nitrogen and oxygen atoms in total. The fourth-order valence-electron chi connectivity index (χ4n) is 2.23. The first kappa shape index (κ1) is 18.0. The fourth-order valence-corrected chi connectivity index (χ4v) is 2.23. The van der Waals surface area contributed by atoms with Crippen LogP contribution in [0.4, 0.5) is 11.4 Å². The van der Waals surface area contributed by atoms with E-state index in [1.807, 2.05) is 0 Å². The molecule has 0 radical (unpaired) electrons. The van der Waals surface area contributed by atoms with E-state index in [0.717, 1.165) is 18.2 Å². The molecule has 0 bridgehead atoms. The van der Waals surface area contributed by atoms with Gasteiger partial charge in [-0.25, -0.2) is 0 Å². The quantitative estimate of drug-likeness (QED) is 0.368. The Hall–Kier alpha value is -2.38. The largest absolute Gasteiger partial charge is 0.454 e. The first-order valence-corrected chi connectivity index (χ1v) is 6.67. The van der Waals surface area contributed by atoms with Crippen molar-refractivity contribution in [3.63, 3.8) is 0 Å². The minimum Gasteiger partial charge on any atom is -0.454 e. The van der Waals surface area contributed by atoms with Gasteiger partial charge in [0.05, 0.1) is 16.5 Å². The summed E-state index contributed by atoms with van der Waals surface area (Å²) in [6.45, 7) is -0.720. The lowest BCUT2D eigenvalue weighted by Gasteiger charge is -2.39. The zero-order valence-electron chi connectivity index (χ0n) is 12.0. The summed E-state index contributed by atoms with van der Waals surface area (Å²) in [5.74, 6) is -0.571. The smallest absolute Gasteiger partial charge is 0.387 e. The van der Waals surface area contributed by atoms with Crippen LogP contribution in [-0.2, 0) is 4.74 Å². The summed E-state index contributed by atoms with van der Waals surface area (Å²) in [4.78, 5) is 20.0. The van der Waals surface area contributed by atoms with Gasteiger partial charge in [0.1, 0.15) is 24.4 Å². The predicted octanol–water partition coefficient (Wildman–Crippen LogP) is -1.32. The lowest BCUT2D eigenvalue weighted by molar-refractivity contribution is -0.423. The van der Waals surface area contributed by atoms with Crippen LogP contribution in [0.1, 0.15) is 0 Å². The predicted molar refractivity (Wildman–Crippen MR) is 74.1 cm³/mol. The number of rotatable bonds is 5. The second-order valence-corrected chi connectivity index (χ2v) is 4.95. The zero-order chi connectivity index (χ0) is 18.0. The van der Waals surface area contributed by atoms with Gasteiger partial charge >= 0.3 is 11.4 Å². The van der Waals surface area contributed by atoms with E-state index in [1.165, 1.54) is 0 Å². The van der Waals surface area contributed by atoms with Gasteiger partial charge in [-0.1, -0.05) is 6.07 Å². The number of hydrogen-bond donors (Lipinski definition) is 4. The van der Waals surface area contributed by atoms with E-state index in [2.05, 4.69) is 0 Å². The molecule has 12 heteroatoms. The molecule has 0 spiro atoms. The average molecular weight is 346 g/mol. The van der Waals surface area contributed by atoms with Crippen LogP contribution in [0.2, 0.25) is 0 Å². The molecule has 1 fully saturated rings. The lowest BCUT2D eigenvalue weighted by Crippen LogP contribution is -2.60. The summed E-state index contributed by atoms with van der Waals surface area (Å²) in [6, 6.07) is 3.08. The van der Waals surface area contributed by atoms with Crippen molar-refractivity contribution in [3.05, 3.63) is 38.4 Å². The van der Waals surface area contributed by atoms with Gasteiger partial charge in [0.25, 0.3) is 0 Å². The Morgan fingerprint density at radius 2 is 1.75 bits per heavy atom. The summed E-state index contributed by atoms with van der Waals surface area (Å²) < 4.78 is 10.1. The third kappa shape index (κ3) is 3.27. The number of aliphatic hydroxyl groups is 4. The van der Waals surface area contributed by atoms with Crippen molar-refractivity contribution in [3.8, 4) is 5.75 Å². The molecule has 0 amide bonds. The minimum atomic E-state index is -1.80. The number of aliphatic hydroxyl groups excluding tert-OH is 4. The molecule has 2 rings (SSSR count). The van der Waals surface area contributed by atoms with E-state index >= 15 is 0 Å². The summed E-state index contributed by atoms with van der Waals surface area (Å²) in [5.41, 5.74) is -1.79. The number of nitrogens with zero attached hydrogens (tertiary/aromatic N) is 2. The molecule has 4 N–H and O–H groups in total. The Morgan fingerprint density at radius 1 is 1.08 bits per heavy atom. The van der Waals surface area contributed by atoms with Crippen LogP contribution in [0.5, 0.6) is 5.75 Å². The van der Waals surface area contributed by atoms with Gasteiger partial charge in [-0.3, -0.25) is 20.2 Å². The highest BCUT2D eigenvalue weighted by molar-refractivity contribution is 5.61. The molecule has 0 saturated carbocycles. The molecule has 1 aliphatic heterocycles. The van der Waals surface area contributed by atoms with Gasteiger partial charge < -0.3 is 29.9 Å². The van der Waals surface area contributed by atoms with Crippen LogP contribution < -0.4 is 4.74 Å². The number of para-hydroxylation sites is 1. The van der Waals surface area contributed by atoms with Gasteiger partial charge in [0.2, 0.25) is 12.0 Å². The maximum absolute atomic E-state index is 11.1. The van der Waals surface area contributed by atoms with Crippen molar-refractivity contribution >= 4 is 11.4 Å². The molecule has 24 heavy (non-hydrogen) atoms. The highest BCUT2D eigenvalue weighted by Crippen LogP contribution is 2.37. The fraction of sp³-hybridized carbons (Fsp3) is 0.500. The van der Waals surface area contributed by atoms with Crippen molar-refractivity contribution in [2.45, 2.75) is 30.7 Å². The van der Waals surface area contributed by atoms with E-state index in [1.54, 1.807) is 0 Å². The number of ether oxygens (including phenoxy) is 2. The van der Waals surface area contributed by atoms with Gasteiger partial charge in [0, 0.05) is 6.07 Å². The van der Waals surface area contributed by atoms with Crippen LogP contribution in [0.15, 0.2) is 18.2 Å². The maximum Gasteiger partial charge on any atom is 0.387 e. The first-order valence-electron chi connectivity index (χ1n) is 6.67. The molecule has 5 atom stereocenters. The second-order valence-electron chi connectivity index (χ2n) is 4.95. The molecule has 1 aromatic carbocycles. The average Bonchev–Trinajstić information content (AvgIpc) is 2.54. The van der Waals surface area contributed by atoms with Crippen molar-refractivity contribution in [2.24, 2.45) is 0 Å². The summed E-state index contributed by atoms with van der Waals surface area (Å²) >= 11 is 0. The van der Waals surface area contributed by atoms with Crippen LogP contribution in [0.25, 0.3) is 0 Å². The zero-order valence-corrected chi connectivity index (χ0v) is 12.0. The Labute approximate surface area is 133 Å². The molecule has 0 unspecified atom stereocenters.